The van der Waals surface area contributed by atoms with Gasteiger partial charge in [0.25, 0.3) is 5.91 Å². The Morgan fingerprint density at radius 3 is 2.74 bits per heavy atom. The molecule has 2 unspecified atom stereocenters. The molecular weight excluding hydrogens is 381 g/mol. The molecule has 0 aromatic heterocycles. The first-order valence-electron chi connectivity index (χ1n) is 9.41. The smallest absolute Gasteiger partial charge is 0.275 e. The monoisotopic (exact) mass is 407 g/mol. The van der Waals surface area contributed by atoms with E-state index in [0.717, 1.165) is 36.5 Å². The second kappa shape index (κ2) is 9.56. The van der Waals surface area contributed by atoms with Crippen LogP contribution in [0.25, 0.3) is 0 Å². The third-order valence-corrected chi connectivity index (χ3v) is 5.60. The lowest BCUT2D eigenvalue weighted by atomic mass is 10.2. The van der Waals surface area contributed by atoms with Crippen LogP contribution in [0.1, 0.15) is 17.5 Å². The van der Waals surface area contributed by atoms with Crippen molar-refractivity contribution in [3.63, 3.8) is 0 Å². The summed E-state index contributed by atoms with van der Waals surface area (Å²) in [6.07, 6.45) is 1.04. The Morgan fingerprint density at radius 1 is 1.22 bits per heavy atom. The quantitative estimate of drug-likeness (QED) is 0.628. The topological polar surface area (TPSA) is 38.0 Å². The number of quaternary nitrogens is 2. The van der Waals surface area contributed by atoms with Gasteiger partial charge in [0.05, 0.1) is 31.2 Å². The highest BCUT2D eigenvalue weighted by molar-refractivity contribution is 6.35. The van der Waals surface area contributed by atoms with Crippen molar-refractivity contribution in [3.8, 4) is 0 Å². The van der Waals surface area contributed by atoms with E-state index >= 15 is 0 Å². The highest BCUT2D eigenvalue weighted by Crippen LogP contribution is 2.20. The average Bonchev–Trinajstić information content (AvgIpc) is 3.05. The maximum atomic E-state index is 12.4. The standard InChI is InChI=1S/C21H25Cl2N3O/c1-25(13-17-7-8-18(22)11-20(17)23)15-21(27)24-19-9-10-26(14-19)12-16-5-3-2-4-6-16/h2-8,11,19H,9-10,12-15H2,1H3,(H,24,27)/p+2/t19-/m0/s1. The lowest BCUT2D eigenvalue weighted by Crippen LogP contribution is -3.09. The van der Waals surface area contributed by atoms with E-state index in [1.54, 1.807) is 6.07 Å². The molecule has 0 aliphatic carbocycles. The van der Waals surface area contributed by atoms with Crippen molar-refractivity contribution in [1.82, 2.24) is 5.32 Å². The van der Waals surface area contributed by atoms with Gasteiger partial charge in [0.15, 0.2) is 6.54 Å². The van der Waals surface area contributed by atoms with Crippen LogP contribution in [0.5, 0.6) is 0 Å². The van der Waals surface area contributed by atoms with Gasteiger partial charge in [-0.25, -0.2) is 0 Å². The zero-order valence-electron chi connectivity index (χ0n) is 15.6. The Bertz CT molecular complexity index is 769. The van der Waals surface area contributed by atoms with Crippen LogP contribution in [-0.4, -0.2) is 38.6 Å². The second-order valence-corrected chi connectivity index (χ2v) is 8.31. The molecule has 0 bridgehead atoms. The zero-order chi connectivity index (χ0) is 19.2. The first-order valence-corrected chi connectivity index (χ1v) is 10.2. The number of benzene rings is 2. The van der Waals surface area contributed by atoms with Gasteiger partial charge in [-0.3, -0.25) is 4.79 Å². The summed E-state index contributed by atoms with van der Waals surface area (Å²) in [7, 11) is 2.01. The van der Waals surface area contributed by atoms with Gasteiger partial charge in [0.2, 0.25) is 0 Å². The van der Waals surface area contributed by atoms with Crippen LogP contribution in [-0.2, 0) is 17.9 Å². The molecule has 3 atom stereocenters. The summed E-state index contributed by atoms with van der Waals surface area (Å²) in [5.41, 5.74) is 2.36. The molecule has 1 heterocycles. The molecule has 4 nitrogen and oxygen atoms in total. The Kier molecular flexibility index (Phi) is 7.13. The number of amides is 1. The molecule has 3 N–H and O–H groups in total. The maximum Gasteiger partial charge on any atom is 0.275 e. The minimum absolute atomic E-state index is 0.101. The van der Waals surface area contributed by atoms with Gasteiger partial charge in [0, 0.05) is 22.6 Å². The van der Waals surface area contributed by atoms with E-state index in [0.29, 0.717) is 23.1 Å². The van der Waals surface area contributed by atoms with E-state index in [9.17, 15) is 4.79 Å². The molecular formula is C21H27Cl2N3O+2. The molecule has 1 aliphatic heterocycles. The number of rotatable bonds is 7. The van der Waals surface area contributed by atoms with Crippen LogP contribution >= 0.6 is 23.2 Å². The molecule has 0 saturated carbocycles. The lowest BCUT2D eigenvalue weighted by Gasteiger charge is -2.17. The maximum absolute atomic E-state index is 12.4. The minimum atomic E-state index is 0.101. The molecule has 2 aromatic rings. The number of hydrogen-bond donors (Lipinski definition) is 3. The number of halogens is 2. The number of carbonyl (C=O) groups excluding carboxylic acids is 1. The Balaban J connectivity index is 1.42. The van der Waals surface area contributed by atoms with Crippen LogP contribution in [0.15, 0.2) is 48.5 Å². The average molecular weight is 408 g/mol. The molecule has 1 fully saturated rings. The van der Waals surface area contributed by atoms with Crippen molar-refractivity contribution >= 4 is 29.1 Å². The van der Waals surface area contributed by atoms with Crippen molar-refractivity contribution in [2.24, 2.45) is 0 Å². The third kappa shape index (κ3) is 6.22. The summed E-state index contributed by atoms with van der Waals surface area (Å²) < 4.78 is 0. The van der Waals surface area contributed by atoms with E-state index in [1.165, 1.54) is 10.5 Å². The van der Waals surface area contributed by atoms with Crippen molar-refractivity contribution < 1.29 is 14.6 Å². The van der Waals surface area contributed by atoms with Gasteiger partial charge < -0.3 is 15.1 Å². The fraction of sp³-hybridized carbons (Fsp3) is 0.381. The summed E-state index contributed by atoms with van der Waals surface area (Å²) in [4.78, 5) is 15.0. The minimum Gasteiger partial charge on any atom is -0.343 e. The van der Waals surface area contributed by atoms with Crippen LogP contribution in [0, 0.1) is 0 Å². The van der Waals surface area contributed by atoms with Crippen molar-refractivity contribution in [2.45, 2.75) is 25.6 Å². The van der Waals surface area contributed by atoms with Gasteiger partial charge in [-0.05, 0) is 12.1 Å². The molecule has 1 aliphatic rings. The number of likely N-dealkylation sites (N-methyl/N-ethyl adjacent to an activating group) is 1. The Labute approximate surface area is 171 Å². The Hall–Kier alpha value is -1.59. The van der Waals surface area contributed by atoms with Gasteiger partial charge >= 0.3 is 0 Å². The number of hydrogen-bond acceptors (Lipinski definition) is 1. The Morgan fingerprint density at radius 2 is 2.00 bits per heavy atom. The van der Waals surface area contributed by atoms with Crippen LogP contribution in [0.4, 0.5) is 0 Å². The molecule has 3 rings (SSSR count). The molecule has 1 amide bonds. The highest BCUT2D eigenvalue weighted by Gasteiger charge is 2.28. The SMILES string of the molecule is C[NH+](CC(=O)N[C@H]1CC[NH+](Cc2ccccc2)C1)Cc1ccc(Cl)cc1Cl. The molecule has 144 valence electrons. The van der Waals surface area contributed by atoms with E-state index in [2.05, 4.69) is 29.6 Å². The predicted octanol–water partition coefficient (Wildman–Crippen LogP) is 0.982. The fourth-order valence-corrected chi connectivity index (χ4v) is 4.18. The molecule has 0 spiro atoms. The highest BCUT2D eigenvalue weighted by atomic mass is 35.5. The van der Waals surface area contributed by atoms with E-state index in [1.807, 2.05) is 25.2 Å². The number of carbonyl (C=O) groups is 1. The van der Waals surface area contributed by atoms with Crippen molar-refractivity contribution in [3.05, 3.63) is 69.7 Å². The first kappa shape index (κ1) is 20.2. The van der Waals surface area contributed by atoms with Crippen LogP contribution in [0.3, 0.4) is 0 Å². The summed E-state index contributed by atoms with van der Waals surface area (Å²) in [6, 6.07) is 16.3. The first-order chi connectivity index (χ1) is 13.0. The largest absolute Gasteiger partial charge is 0.343 e. The summed E-state index contributed by atoms with van der Waals surface area (Å²) in [5.74, 6) is 0.101. The fourth-order valence-electron chi connectivity index (χ4n) is 3.70. The number of nitrogens with one attached hydrogen (secondary N) is 3. The summed E-state index contributed by atoms with van der Waals surface area (Å²) in [5, 5.41) is 4.48. The normalized spacial score (nSPS) is 20.4. The second-order valence-electron chi connectivity index (χ2n) is 7.47. The summed E-state index contributed by atoms with van der Waals surface area (Å²) in [6.45, 7) is 4.24. The molecule has 1 saturated heterocycles. The van der Waals surface area contributed by atoms with Gasteiger partial charge in [0.1, 0.15) is 13.1 Å². The predicted molar refractivity (Wildman–Crippen MR) is 109 cm³/mol. The van der Waals surface area contributed by atoms with E-state index < -0.39 is 0 Å². The van der Waals surface area contributed by atoms with E-state index in [4.69, 9.17) is 23.2 Å². The van der Waals surface area contributed by atoms with Crippen molar-refractivity contribution in [1.29, 1.82) is 0 Å². The van der Waals surface area contributed by atoms with Gasteiger partial charge in [-0.2, -0.15) is 0 Å². The molecule has 0 radical (unpaired) electrons. The van der Waals surface area contributed by atoms with Crippen LogP contribution < -0.4 is 15.1 Å². The van der Waals surface area contributed by atoms with Crippen molar-refractivity contribution in [2.75, 3.05) is 26.7 Å². The number of likely N-dealkylation sites (tertiary alicyclic amines) is 1. The van der Waals surface area contributed by atoms with E-state index in [-0.39, 0.29) is 11.9 Å². The third-order valence-electron chi connectivity index (χ3n) is 5.01. The molecule has 27 heavy (non-hydrogen) atoms. The van der Waals surface area contributed by atoms with Crippen LogP contribution in [0.2, 0.25) is 10.0 Å². The lowest BCUT2D eigenvalue weighted by molar-refractivity contribution is -0.901. The van der Waals surface area contributed by atoms with Gasteiger partial charge in [-0.1, -0.05) is 59.6 Å². The van der Waals surface area contributed by atoms with Gasteiger partial charge in [-0.15, -0.1) is 0 Å². The molecule has 6 heteroatoms. The molecule has 2 aromatic carbocycles. The zero-order valence-corrected chi connectivity index (χ0v) is 17.1. The summed E-state index contributed by atoms with van der Waals surface area (Å²) >= 11 is 12.2.